The van der Waals surface area contributed by atoms with Gasteiger partial charge in [0.15, 0.2) is 5.82 Å². The summed E-state index contributed by atoms with van der Waals surface area (Å²) in [5, 5.41) is 10.9. The van der Waals surface area contributed by atoms with Gasteiger partial charge in [0, 0.05) is 14.1 Å². The second-order valence-corrected chi connectivity index (χ2v) is 3.58. The molecule has 0 bridgehead atoms. The number of nitrogens with one attached hydrogen (secondary N) is 1. The summed E-state index contributed by atoms with van der Waals surface area (Å²) in [6.45, 7) is 0.333. The van der Waals surface area contributed by atoms with Crippen molar-refractivity contribution in [1.82, 2.24) is 14.8 Å². The normalized spacial score (nSPS) is 10.2. The number of nitrogens with two attached hydrogens (primary N) is 1. The molecule has 3 N–H and O–H groups in total. The van der Waals surface area contributed by atoms with Crippen molar-refractivity contribution in [3.05, 3.63) is 30.1 Å². The zero-order valence-corrected chi connectivity index (χ0v) is 9.84. The Kier molecular flexibility index (Phi) is 3.13. The van der Waals surface area contributed by atoms with Crippen LogP contribution in [0, 0.1) is 0 Å². The second-order valence-electron chi connectivity index (χ2n) is 3.58. The minimum atomic E-state index is 0.333. The van der Waals surface area contributed by atoms with Crippen molar-refractivity contribution >= 4 is 11.6 Å². The number of nitrogens with zero attached hydrogens (tertiary/aromatic N) is 3. The average molecular weight is 233 g/mol. The number of anilines is 2. The van der Waals surface area contributed by atoms with Crippen molar-refractivity contribution in [2.75, 3.05) is 18.1 Å². The van der Waals surface area contributed by atoms with Gasteiger partial charge in [0.1, 0.15) is 12.4 Å². The summed E-state index contributed by atoms with van der Waals surface area (Å²) in [6, 6.07) is 7.36. The van der Waals surface area contributed by atoms with E-state index in [1.165, 1.54) is 0 Å². The van der Waals surface area contributed by atoms with Gasteiger partial charge in [-0.1, -0.05) is 12.1 Å². The number of ether oxygens (including phenoxy) is 1. The molecule has 90 valence electrons. The molecule has 2 aromatic rings. The Balaban J connectivity index is 2.07. The van der Waals surface area contributed by atoms with E-state index in [0.29, 0.717) is 24.0 Å². The molecule has 17 heavy (non-hydrogen) atoms. The van der Waals surface area contributed by atoms with E-state index in [1.54, 1.807) is 13.1 Å². The molecule has 0 atom stereocenters. The van der Waals surface area contributed by atoms with Crippen LogP contribution >= 0.6 is 0 Å². The lowest BCUT2D eigenvalue weighted by atomic mass is 10.3. The lowest BCUT2D eigenvalue weighted by molar-refractivity contribution is 0.293. The van der Waals surface area contributed by atoms with Crippen LogP contribution < -0.4 is 15.8 Å². The highest BCUT2D eigenvalue weighted by Gasteiger charge is 2.08. The maximum atomic E-state index is 5.77. The molecule has 0 radical (unpaired) electrons. The van der Waals surface area contributed by atoms with Crippen LogP contribution in [0.4, 0.5) is 11.6 Å². The largest absolute Gasteiger partial charge is 0.483 e. The highest BCUT2D eigenvalue weighted by Crippen LogP contribution is 2.20. The third kappa shape index (κ3) is 2.30. The van der Waals surface area contributed by atoms with Crippen LogP contribution in [0.25, 0.3) is 0 Å². The van der Waals surface area contributed by atoms with E-state index < -0.39 is 0 Å². The van der Waals surface area contributed by atoms with Crippen molar-refractivity contribution in [1.29, 1.82) is 0 Å². The Hall–Kier alpha value is -2.24. The zero-order chi connectivity index (χ0) is 12.3. The van der Waals surface area contributed by atoms with E-state index in [-0.39, 0.29) is 0 Å². The molecule has 0 aliphatic rings. The third-order valence-corrected chi connectivity index (χ3v) is 2.46. The first-order chi connectivity index (χ1) is 8.22. The highest BCUT2D eigenvalue weighted by molar-refractivity contribution is 5.51. The number of aromatic nitrogens is 3. The molecule has 0 saturated heterocycles. The van der Waals surface area contributed by atoms with Crippen molar-refractivity contribution in [3.63, 3.8) is 0 Å². The summed E-state index contributed by atoms with van der Waals surface area (Å²) in [5.41, 5.74) is 6.39. The molecule has 0 fully saturated rings. The number of benzene rings is 1. The van der Waals surface area contributed by atoms with E-state index in [9.17, 15) is 0 Å². The van der Waals surface area contributed by atoms with Crippen LogP contribution in [0.15, 0.2) is 24.3 Å². The summed E-state index contributed by atoms with van der Waals surface area (Å²) in [4.78, 5) is 0. The molecule has 0 aliphatic carbocycles. The first-order valence-corrected chi connectivity index (χ1v) is 5.25. The summed E-state index contributed by atoms with van der Waals surface area (Å²) >= 11 is 0. The first-order valence-electron chi connectivity index (χ1n) is 5.25. The number of hydrogen-bond donors (Lipinski definition) is 2. The van der Waals surface area contributed by atoms with Gasteiger partial charge in [-0.05, 0) is 12.1 Å². The Morgan fingerprint density at radius 1 is 1.35 bits per heavy atom. The lowest BCUT2D eigenvalue weighted by Crippen LogP contribution is -2.06. The fraction of sp³-hybridized carbons (Fsp3) is 0.273. The molecule has 6 nitrogen and oxygen atoms in total. The Labute approximate surface area is 99.4 Å². The minimum absolute atomic E-state index is 0.333. The van der Waals surface area contributed by atoms with Gasteiger partial charge in [-0.25, -0.2) is 0 Å². The summed E-state index contributed by atoms with van der Waals surface area (Å²) in [5.74, 6) is 2.09. The standard InChI is InChI=1S/C11H15N5O/c1-13-11-15-14-10(16(11)2)7-17-9-6-4-3-5-8(9)12/h3-6H,7,12H2,1-2H3,(H,13,15). The molecule has 2 rings (SSSR count). The molecule has 0 amide bonds. The van der Waals surface area contributed by atoms with E-state index >= 15 is 0 Å². The Morgan fingerprint density at radius 3 is 2.76 bits per heavy atom. The molecule has 1 heterocycles. The van der Waals surface area contributed by atoms with Gasteiger partial charge >= 0.3 is 0 Å². The third-order valence-electron chi connectivity index (χ3n) is 2.46. The van der Waals surface area contributed by atoms with Crippen molar-refractivity contribution in [2.45, 2.75) is 6.61 Å². The fourth-order valence-electron chi connectivity index (χ4n) is 1.46. The maximum absolute atomic E-state index is 5.77. The Morgan fingerprint density at radius 2 is 2.12 bits per heavy atom. The smallest absolute Gasteiger partial charge is 0.224 e. The fourth-order valence-corrected chi connectivity index (χ4v) is 1.46. The van der Waals surface area contributed by atoms with Gasteiger partial charge in [0.25, 0.3) is 0 Å². The summed E-state index contributed by atoms with van der Waals surface area (Å²) in [7, 11) is 3.67. The quantitative estimate of drug-likeness (QED) is 0.771. The zero-order valence-electron chi connectivity index (χ0n) is 9.84. The van der Waals surface area contributed by atoms with Crippen LogP contribution in [-0.4, -0.2) is 21.8 Å². The average Bonchev–Trinajstić information content (AvgIpc) is 2.69. The van der Waals surface area contributed by atoms with E-state index in [2.05, 4.69) is 15.5 Å². The van der Waals surface area contributed by atoms with E-state index in [1.807, 2.05) is 29.8 Å². The van der Waals surface area contributed by atoms with Crippen molar-refractivity contribution in [2.24, 2.45) is 7.05 Å². The molecule has 0 saturated carbocycles. The first kappa shape index (κ1) is 11.3. The molecule has 0 spiro atoms. The van der Waals surface area contributed by atoms with Crippen LogP contribution in [0.1, 0.15) is 5.82 Å². The number of rotatable bonds is 4. The van der Waals surface area contributed by atoms with E-state index in [0.717, 1.165) is 5.82 Å². The van der Waals surface area contributed by atoms with Crippen molar-refractivity contribution in [3.8, 4) is 5.75 Å². The predicted molar refractivity (Wildman–Crippen MR) is 65.7 cm³/mol. The summed E-state index contributed by atoms with van der Waals surface area (Å²) in [6.07, 6.45) is 0. The molecule has 6 heteroatoms. The second kappa shape index (κ2) is 4.73. The van der Waals surface area contributed by atoms with Gasteiger partial charge < -0.3 is 15.8 Å². The minimum Gasteiger partial charge on any atom is -0.483 e. The van der Waals surface area contributed by atoms with E-state index in [4.69, 9.17) is 10.5 Å². The van der Waals surface area contributed by atoms with Crippen molar-refractivity contribution < 1.29 is 4.74 Å². The number of nitrogen functional groups attached to an aromatic ring is 1. The van der Waals surface area contributed by atoms with Crippen LogP contribution in [0.3, 0.4) is 0 Å². The van der Waals surface area contributed by atoms with Gasteiger partial charge in [-0.2, -0.15) is 0 Å². The summed E-state index contributed by atoms with van der Waals surface area (Å²) < 4.78 is 7.42. The molecular formula is C11H15N5O. The Bertz CT molecular complexity index is 508. The predicted octanol–water partition coefficient (Wildman–Crippen LogP) is 1.02. The molecule has 0 unspecified atom stereocenters. The SMILES string of the molecule is CNc1nnc(COc2ccccc2N)n1C. The monoisotopic (exact) mass is 233 g/mol. The molecule has 1 aromatic heterocycles. The van der Waals surface area contributed by atoms with Gasteiger partial charge in [0.2, 0.25) is 5.95 Å². The van der Waals surface area contributed by atoms with Gasteiger partial charge in [-0.3, -0.25) is 4.57 Å². The number of para-hydroxylation sites is 2. The van der Waals surface area contributed by atoms with Crippen LogP contribution in [0.2, 0.25) is 0 Å². The molecular weight excluding hydrogens is 218 g/mol. The topological polar surface area (TPSA) is 78.0 Å². The van der Waals surface area contributed by atoms with Gasteiger partial charge in [0.05, 0.1) is 5.69 Å². The maximum Gasteiger partial charge on any atom is 0.224 e. The molecule has 1 aromatic carbocycles. The van der Waals surface area contributed by atoms with Crippen LogP contribution in [0.5, 0.6) is 5.75 Å². The van der Waals surface area contributed by atoms with Crippen LogP contribution in [-0.2, 0) is 13.7 Å². The van der Waals surface area contributed by atoms with Gasteiger partial charge in [-0.15, -0.1) is 10.2 Å². The lowest BCUT2D eigenvalue weighted by Gasteiger charge is -2.08. The highest BCUT2D eigenvalue weighted by atomic mass is 16.5. The molecule has 0 aliphatic heterocycles. The number of hydrogen-bond acceptors (Lipinski definition) is 5.